The number of carbonyl (C=O) groups is 1. The van der Waals surface area contributed by atoms with E-state index in [9.17, 15) is 4.79 Å². The molecule has 86 valence electrons. The summed E-state index contributed by atoms with van der Waals surface area (Å²) in [6.45, 7) is 3.15. The molecule has 6 heteroatoms. The van der Waals surface area contributed by atoms with E-state index in [2.05, 4.69) is 16.7 Å². The summed E-state index contributed by atoms with van der Waals surface area (Å²) in [4.78, 5) is 11.4. The monoisotopic (exact) mass is 232 g/mol. The molecule has 15 heavy (non-hydrogen) atoms. The molecule has 0 spiro atoms. The number of nitrogens with zero attached hydrogens (tertiary/aromatic N) is 1. The van der Waals surface area contributed by atoms with Gasteiger partial charge in [-0.05, 0) is 6.42 Å². The highest BCUT2D eigenvalue weighted by Crippen LogP contribution is 2.07. The summed E-state index contributed by atoms with van der Waals surface area (Å²) in [6.07, 6.45) is 0.614. The van der Waals surface area contributed by atoms with Crippen LogP contribution in [0.1, 0.15) is 13.3 Å². The average molecular weight is 233 g/mol. The minimum atomic E-state index is -0.463. The van der Waals surface area contributed by atoms with Gasteiger partial charge in [0.2, 0.25) is 5.91 Å². The van der Waals surface area contributed by atoms with Crippen molar-refractivity contribution in [1.29, 1.82) is 5.26 Å². The summed E-state index contributed by atoms with van der Waals surface area (Å²) in [5.41, 5.74) is 5.57. The van der Waals surface area contributed by atoms with Gasteiger partial charge >= 0.3 is 0 Å². The largest absolute Gasteiger partial charge is 0.349 e. The first-order valence-electron chi connectivity index (χ1n) is 4.85. The zero-order valence-electron chi connectivity index (χ0n) is 8.69. The Kier molecular flexibility index (Phi) is 6.25. The third kappa shape index (κ3) is 3.67. The Labute approximate surface area is 95.8 Å². The van der Waals surface area contributed by atoms with Gasteiger partial charge in [-0.1, -0.05) is 6.92 Å². The lowest BCUT2D eigenvalue weighted by molar-refractivity contribution is -0.123. The van der Waals surface area contributed by atoms with Gasteiger partial charge in [-0.25, -0.2) is 0 Å². The molecule has 1 amide bonds. The molecule has 1 rings (SSSR count). The number of nitrogens with two attached hydrogens (primary N) is 1. The first-order chi connectivity index (χ1) is 6.69. The molecule has 4 N–H and O–H groups in total. The van der Waals surface area contributed by atoms with Crippen molar-refractivity contribution in [2.24, 2.45) is 11.7 Å². The molecule has 1 fully saturated rings. The second kappa shape index (κ2) is 6.62. The molecular weight excluding hydrogens is 216 g/mol. The number of amides is 1. The van der Waals surface area contributed by atoms with Gasteiger partial charge in [-0.3, -0.25) is 4.79 Å². The van der Waals surface area contributed by atoms with Gasteiger partial charge in [0, 0.05) is 13.1 Å². The molecule has 0 aromatic heterocycles. The van der Waals surface area contributed by atoms with Crippen LogP contribution in [0.2, 0.25) is 0 Å². The Morgan fingerprint density at radius 1 is 1.73 bits per heavy atom. The van der Waals surface area contributed by atoms with Gasteiger partial charge in [0.1, 0.15) is 0 Å². The van der Waals surface area contributed by atoms with E-state index < -0.39 is 6.04 Å². The first kappa shape index (κ1) is 14.2. The van der Waals surface area contributed by atoms with Crippen molar-refractivity contribution in [1.82, 2.24) is 10.6 Å². The molecule has 0 radical (unpaired) electrons. The Balaban J connectivity index is 0.00000196. The van der Waals surface area contributed by atoms with Gasteiger partial charge in [0.05, 0.1) is 24.1 Å². The maximum Gasteiger partial charge on any atom is 0.237 e. The highest BCUT2D eigenvalue weighted by molar-refractivity contribution is 5.85. The second-order valence-corrected chi connectivity index (χ2v) is 3.52. The first-order valence-corrected chi connectivity index (χ1v) is 4.85. The van der Waals surface area contributed by atoms with E-state index in [0.29, 0.717) is 19.5 Å². The lowest BCUT2D eigenvalue weighted by atomic mass is 10.1. The summed E-state index contributed by atoms with van der Waals surface area (Å²) < 4.78 is 0. The quantitative estimate of drug-likeness (QED) is 0.605. The number of hydrogen-bond acceptors (Lipinski definition) is 4. The maximum atomic E-state index is 11.4. The van der Waals surface area contributed by atoms with Gasteiger partial charge in [-0.2, -0.15) is 5.26 Å². The SMILES string of the molecule is CCC(N)C(=O)NC1CNCC1C#N.Cl. The molecule has 1 saturated heterocycles. The minimum absolute atomic E-state index is 0. The van der Waals surface area contributed by atoms with Gasteiger partial charge in [0.25, 0.3) is 0 Å². The fraction of sp³-hybridized carbons (Fsp3) is 0.778. The van der Waals surface area contributed by atoms with E-state index in [4.69, 9.17) is 11.0 Å². The van der Waals surface area contributed by atoms with E-state index >= 15 is 0 Å². The van der Waals surface area contributed by atoms with Crippen LogP contribution in [0.5, 0.6) is 0 Å². The van der Waals surface area contributed by atoms with E-state index in [1.807, 2.05) is 6.92 Å². The zero-order valence-corrected chi connectivity index (χ0v) is 9.51. The van der Waals surface area contributed by atoms with Crippen molar-refractivity contribution >= 4 is 18.3 Å². The second-order valence-electron chi connectivity index (χ2n) is 3.52. The van der Waals surface area contributed by atoms with Gasteiger partial charge in [0.15, 0.2) is 0 Å². The summed E-state index contributed by atoms with van der Waals surface area (Å²) in [5, 5.41) is 14.6. The fourth-order valence-corrected chi connectivity index (χ4v) is 1.44. The van der Waals surface area contributed by atoms with Crippen LogP contribution in [-0.2, 0) is 4.79 Å². The van der Waals surface area contributed by atoms with Crippen LogP contribution < -0.4 is 16.4 Å². The number of carbonyl (C=O) groups excluding carboxylic acids is 1. The molecule has 3 atom stereocenters. The topological polar surface area (TPSA) is 90.9 Å². The van der Waals surface area contributed by atoms with Crippen molar-refractivity contribution in [3.8, 4) is 6.07 Å². The standard InChI is InChI=1S/C9H16N4O.ClH/c1-2-7(11)9(14)13-8-5-12-4-6(8)3-10;/h6-8,12H,2,4-5,11H2,1H3,(H,13,14);1H. The number of halogens is 1. The summed E-state index contributed by atoms with van der Waals surface area (Å²) in [6, 6.07) is 1.60. The lowest BCUT2D eigenvalue weighted by Crippen LogP contribution is -2.47. The Hall–Kier alpha value is -0.830. The number of hydrogen-bond donors (Lipinski definition) is 3. The van der Waals surface area contributed by atoms with Crippen molar-refractivity contribution in [3.63, 3.8) is 0 Å². The fourth-order valence-electron chi connectivity index (χ4n) is 1.44. The molecule has 3 unspecified atom stereocenters. The summed E-state index contributed by atoms with van der Waals surface area (Å²) >= 11 is 0. The van der Waals surface area contributed by atoms with Crippen LogP contribution in [0.3, 0.4) is 0 Å². The smallest absolute Gasteiger partial charge is 0.237 e. The molecule has 5 nitrogen and oxygen atoms in total. The van der Waals surface area contributed by atoms with Crippen LogP contribution in [0.15, 0.2) is 0 Å². The number of nitriles is 1. The van der Waals surface area contributed by atoms with E-state index in [-0.39, 0.29) is 30.3 Å². The molecular formula is C9H17ClN4O. The lowest BCUT2D eigenvalue weighted by Gasteiger charge is -2.17. The third-order valence-corrected chi connectivity index (χ3v) is 2.48. The molecule has 0 aliphatic carbocycles. The molecule has 1 heterocycles. The van der Waals surface area contributed by atoms with Crippen LogP contribution in [-0.4, -0.2) is 31.1 Å². The molecule has 0 saturated carbocycles. The summed E-state index contributed by atoms with van der Waals surface area (Å²) in [7, 11) is 0. The predicted molar refractivity (Wildman–Crippen MR) is 59.4 cm³/mol. The Bertz CT molecular complexity index is 253. The van der Waals surface area contributed by atoms with E-state index in [1.165, 1.54) is 0 Å². The molecule has 0 aromatic rings. The highest BCUT2D eigenvalue weighted by atomic mass is 35.5. The molecule has 0 aromatic carbocycles. The Morgan fingerprint density at radius 3 is 2.93 bits per heavy atom. The third-order valence-electron chi connectivity index (χ3n) is 2.48. The predicted octanol–water partition coefficient (Wildman–Crippen LogP) is -0.627. The van der Waals surface area contributed by atoms with Gasteiger partial charge < -0.3 is 16.4 Å². The van der Waals surface area contributed by atoms with E-state index in [1.54, 1.807) is 0 Å². The minimum Gasteiger partial charge on any atom is -0.349 e. The van der Waals surface area contributed by atoms with Crippen molar-refractivity contribution in [3.05, 3.63) is 0 Å². The van der Waals surface area contributed by atoms with E-state index in [0.717, 1.165) is 0 Å². The van der Waals surface area contributed by atoms with Crippen molar-refractivity contribution < 1.29 is 4.79 Å². The molecule has 1 aliphatic heterocycles. The number of rotatable bonds is 3. The highest BCUT2D eigenvalue weighted by Gasteiger charge is 2.29. The molecule has 0 bridgehead atoms. The van der Waals surface area contributed by atoms with Gasteiger partial charge in [-0.15, -0.1) is 12.4 Å². The summed E-state index contributed by atoms with van der Waals surface area (Å²) in [5.74, 6) is -0.301. The average Bonchev–Trinajstić information content (AvgIpc) is 2.63. The van der Waals surface area contributed by atoms with Crippen LogP contribution in [0.4, 0.5) is 0 Å². The molecule has 1 aliphatic rings. The van der Waals surface area contributed by atoms with Crippen molar-refractivity contribution in [2.45, 2.75) is 25.4 Å². The normalized spacial score (nSPS) is 26.2. The van der Waals surface area contributed by atoms with Crippen molar-refractivity contribution in [2.75, 3.05) is 13.1 Å². The van der Waals surface area contributed by atoms with Crippen LogP contribution in [0.25, 0.3) is 0 Å². The van der Waals surface area contributed by atoms with Crippen LogP contribution in [0, 0.1) is 17.2 Å². The van der Waals surface area contributed by atoms with Crippen LogP contribution >= 0.6 is 12.4 Å². The maximum absolute atomic E-state index is 11.4. The number of nitrogens with one attached hydrogen (secondary N) is 2. The zero-order chi connectivity index (χ0) is 10.6. The Morgan fingerprint density at radius 2 is 2.40 bits per heavy atom.